The van der Waals surface area contributed by atoms with E-state index in [1.807, 2.05) is 54.6 Å². The van der Waals surface area contributed by atoms with Gasteiger partial charge < -0.3 is 15.8 Å². The summed E-state index contributed by atoms with van der Waals surface area (Å²) in [5.74, 6) is 2.10. The van der Waals surface area contributed by atoms with Crippen LogP contribution in [0.4, 0.5) is 16.3 Å². The quantitative estimate of drug-likeness (QED) is 0.585. The number of rotatable bonds is 4. The third kappa shape index (κ3) is 3.05. The van der Waals surface area contributed by atoms with Crippen molar-refractivity contribution >= 4 is 28.6 Å². The van der Waals surface area contributed by atoms with Gasteiger partial charge >= 0.3 is 6.03 Å². The maximum atomic E-state index is 11.4. The second kappa shape index (κ2) is 6.56. The average molecular weight is 345 g/mol. The number of fused-ring (bicyclic) bond motifs is 1. The Morgan fingerprint density at radius 2 is 1.69 bits per heavy atom. The fourth-order valence-corrected chi connectivity index (χ4v) is 2.60. The van der Waals surface area contributed by atoms with Crippen molar-refractivity contribution in [3.05, 3.63) is 73.2 Å². The number of nitrogens with zero attached hydrogens (tertiary/aromatic N) is 3. The predicted molar refractivity (Wildman–Crippen MR) is 98.8 cm³/mol. The van der Waals surface area contributed by atoms with Crippen LogP contribution in [-0.4, -0.2) is 20.6 Å². The van der Waals surface area contributed by atoms with E-state index in [0.717, 1.165) is 17.2 Å². The van der Waals surface area contributed by atoms with Gasteiger partial charge in [0.25, 0.3) is 0 Å². The van der Waals surface area contributed by atoms with Crippen LogP contribution in [0.1, 0.15) is 0 Å². The van der Waals surface area contributed by atoms with Crippen LogP contribution in [0.2, 0.25) is 0 Å². The Morgan fingerprint density at radius 3 is 2.42 bits per heavy atom. The van der Waals surface area contributed by atoms with Crippen molar-refractivity contribution in [2.45, 2.75) is 0 Å². The van der Waals surface area contributed by atoms with Gasteiger partial charge in [-0.15, -0.1) is 0 Å². The average Bonchev–Trinajstić information content (AvgIpc) is 3.10. The number of benzene rings is 2. The van der Waals surface area contributed by atoms with Gasteiger partial charge in [-0.1, -0.05) is 18.2 Å². The molecule has 7 heteroatoms. The van der Waals surface area contributed by atoms with Crippen molar-refractivity contribution in [1.82, 2.24) is 14.5 Å². The number of para-hydroxylation sites is 1. The summed E-state index contributed by atoms with van der Waals surface area (Å²) in [6, 6.07) is 18.2. The summed E-state index contributed by atoms with van der Waals surface area (Å²) in [5, 5.41) is 3.92. The lowest BCUT2D eigenvalue weighted by Gasteiger charge is -2.09. The normalized spacial score (nSPS) is 10.6. The van der Waals surface area contributed by atoms with E-state index < -0.39 is 6.03 Å². The fraction of sp³-hybridized carbons (Fsp3) is 0. The van der Waals surface area contributed by atoms with Crippen molar-refractivity contribution in [1.29, 1.82) is 0 Å². The van der Waals surface area contributed by atoms with E-state index >= 15 is 0 Å². The highest BCUT2D eigenvalue weighted by atomic mass is 16.5. The number of carbonyl (C=O) groups is 1. The molecule has 128 valence electrons. The molecular weight excluding hydrogens is 330 g/mol. The van der Waals surface area contributed by atoms with Gasteiger partial charge in [0.05, 0.1) is 5.39 Å². The van der Waals surface area contributed by atoms with Gasteiger partial charge in [0, 0.05) is 11.9 Å². The van der Waals surface area contributed by atoms with Crippen LogP contribution in [-0.2, 0) is 0 Å². The van der Waals surface area contributed by atoms with Gasteiger partial charge in [-0.2, -0.15) is 0 Å². The maximum Gasteiger partial charge on any atom is 0.324 e. The van der Waals surface area contributed by atoms with Crippen molar-refractivity contribution < 1.29 is 9.53 Å². The molecule has 3 N–H and O–H groups in total. The Labute approximate surface area is 149 Å². The fourth-order valence-electron chi connectivity index (χ4n) is 2.60. The van der Waals surface area contributed by atoms with Crippen LogP contribution in [0.3, 0.4) is 0 Å². The molecule has 0 aliphatic rings. The number of ether oxygens (including phenoxy) is 1. The number of carbonyl (C=O) groups excluding carboxylic acids is 1. The van der Waals surface area contributed by atoms with Crippen molar-refractivity contribution in [2.75, 3.05) is 5.32 Å². The zero-order valence-electron chi connectivity index (χ0n) is 13.7. The Hall–Kier alpha value is -3.87. The smallest absolute Gasteiger partial charge is 0.324 e. The predicted octanol–water partition coefficient (Wildman–Crippen LogP) is 3.89. The molecule has 0 fully saturated rings. The lowest BCUT2D eigenvalue weighted by atomic mass is 10.3. The van der Waals surface area contributed by atoms with Crippen molar-refractivity contribution in [3.63, 3.8) is 0 Å². The van der Waals surface area contributed by atoms with Gasteiger partial charge in [-0.3, -0.25) is 4.57 Å². The first-order chi connectivity index (χ1) is 12.7. The molecule has 0 saturated carbocycles. The molecule has 0 bridgehead atoms. The minimum atomic E-state index is -0.591. The van der Waals surface area contributed by atoms with Crippen LogP contribution < -0.4 is 15.8 Å². The van der Waals surface area contributed by atoms with E-state index in [1.54, 1.807) is 12.3 Å². The summed E-state index contributed by atoms with van der Waals surface area (Å²) in [7, 11) is 0. The number of amides is 1. The molecule has 0 aliphatic carbocycles. The SMILES string of the molecule is NC(=O)n1ccc2c(Nc3ccc(Oc4ccccc4)cc3)ncnc21. The zero-order chi connectivity index (χ0) is 17.9. The number of hydrogen-bond donors (Lipinski definition) is 2. The molecule has 0 unspecified atom stereocenters. The summed E-state index contributed by atoms with van der Waals surface area (Å²) in [4.78, 5) is 19.8. The minimum absolute atomic E-state index is 0.457. The summed E-state index contributed by atoms with van der Waals surface area (Å²) in [6.45, 7) is 0. The number of anilines is 2. The molecule has 0 atom stereocenters. The number of nitrogens with two attached hydrogens (primary N) is 1. The van der Waals surface area contributed by atoms with Gasteiger partial charge in [0.15, 0.2) is 5.65 Å². The Balaban J connectivity index is 1.56. The van der Waals surface area contributed by atoms with E-state index in [-0.39, 0.29) is 0 Å². The molecule has 2 heterocycles. The van der Waals surface area contributed by atoms with E-state index in [0.29, 0.717) is 16.9 Å². The highest BCUT2D eigenvalue weighted by Crippen LogP contribution is 2.26. The molecule has 4 rings (SSSR count). The molecule has 2 aromatic heterocycles. The monoisotopic (exact) mass is 345 g/mol. The second-order valence-corrected chi connectivity index (χ2v) is 5.55. The molecule has 0 spiro atoms. The molecular formula is C19H15N5O2. The molecule has 0 saturated heterocycles. The first-order valence-electron chi connectivity index (χ1n) is 7.92. The topological polar surface area (TPSA) is 95.1 Å². The van der Waals surface area contributed by atoms with Crippen LogP contribution in [0.25, 0.3) is 11.0 Å². The zero-order valence-corrected chi connectivity index (χ0v) is 13.7. The van der Waals surface area contributed by atoms with E-state index in [1.165, 1.54) is 10.9 Å². The van der Waals surface area contributed by atoms with Crippen molar-refractivity contribution in [3.8, 4) is 11.5 Å². The minimum Gasteiger partial charge on any atom is -0.457 e. The lowest BCUT2D eigenvalue weighted by molar-refractivity contribution is 0.251. The summed E-state index contributed by atoms with van der Waals surface area (Å²) >= 11 is 0. The molecule has 0 radical (unpaired) electrons. The van der Waals surface area contributed by atoms with Gasteiger partial charge in [0.1, 0.15) is 23.6 Å². The standard InChI is InChI=1S/C19H15N5O2/c20-19(25)24-11-10-16-17(21-12-22-18(16)24)23-13-6-8-15(9-7-13)26-14-4-2-1-3-5-14/h1-12H,(H2,20,25)(H,21,22,23). The summed E-state index contributed by atoms with van der Waals surface area (Å²) < 4.78 is 7.05. The largest absolute Gasteiger partial charge is 0.457 e. The maximum absolute atomic E-state index is 11.4. The van der Waals surface area contributed by atoms with E-state index in [2.05, 4.69) is 15.3 Å². The number of nitrogens with one attached hydrogen (secondary N) is 1. The van der Waals surface area contributed by atoms with Crippen molar-refractivity contribution in [2.24, 2.45) is 5.73 Å². The molecule has 2 aromatic carbocycles. The van der Waals surface area contributed by atoms with Gasteiger partial charge in [0.2, 0.25) is 0 Å². The molecule has 1 amide bonds. The highest BCUT2D eigenvalue weighted by Gasteiger charge is 2.11. The Morgan fingerprint density at radius 1 is 0.962 bits per heavy atom. The second-order valence-electron chi connectivity index (χ2n) is 5.55. The summed E-state index contributed by atoms with van der Waals surface area (Å²) in [6.07, 6.45) is 2.96. The molecule has 4 aromatic rings. The Bertz CT molecular complexity index is 1060. The highest BCUT2D eigenvalue weighted by molar-refractivity contribution is 5.95. The van der Waals surface area contributed by atoms with E-state index in [4.69, 9.17) is 10.5 Å². The van der Waals surface area contributed by atoms with Crippen LogP contribution in [0.15, 0.2) is 73.2 Å². The third-order valence-electron chi connectivity index (χ3n) is 3.81. The third-order valence-corrected chi connectivity index (χ3v) is 3.81. The molecule has 7 nitrogen and oxygen atoms in total. The number of aromatic nitrogens is 3. The number of primary amides is 1. The summed E-state index contributed by atoms with van der Waals surface area (Å²) in [5.41, 5.74) is 6.62. The van der Waals surface area contributed by atoms with Crippen LogP contribution >= 0.6 is 0 Å². The van der Waals surface area contributed by atoms with Crippen LogP contribution in [0, 0.1) is 0 Å². The molecule has 26 heavy (non-hydrogen) atoms. The van der Waals surface area contributed by atoms with Gasteiger partial charge in [-0.25, -0.2) is 14.8 Å². The Kier molecular flexibility index (Phi) is 3.95. The first kappa shape index (κ1) is 15.6. The van der Waals surface area contributed by atoms with E-state index in [9.17, 15) is 4.79 Å². The molecule has 0 aliphatic heterocycles. The first-order valence-corrected chi connectivity index (χ1v) is 7.92. The van der Waals surface area contributed by atoms with Gasteiger partial charge in [-0.05, 0) is 42.5 Å². The number of hydrogen-bond acceptors (Lipinski definition) is 5. The lowest BCUT2D eigenvalue weighted by Crippen LogP contribution is -2.18. The van der Waals surface area contributed by atoms with Crippen LogP contribution in [0.5, 0.6) is 11.5 Å².